The van der Waals surface area contributed by atoms with Gasteiger partial charge in [0.25, 0.3) is 0 Å². The number of carbonyl (C=O) groups excluding carboxylic acids is 1. The van der Waals surface area contributed by atoms with E-state index in [9.17, 15) is 4.79 Å². The lowest BCUT2D eigenvalue weighted by Gasteiger charge is -2.32. The van der Waals surface area contributed by atoms with Gasteiger partial charge in [-0.2, -0.15) is 0 Å². The Morgan fingerprint density at radius 1 is 1.20 bits per heavy atom. The number of rotatable bonds is 2. The van der Waals surface area contributed by atoms with E-state index in [2.05, 4.69) is 11.4 Å². The van der Waals surface area contributed by atoms with Crippen LogP contribution in [0.2, 0.25) is 9.36 Å². The Labute approximate surface area is 131 Å². The molecule has 1 N–H and O–H groups in total. The molecule has 5 heteroatoms. The molecule has 0 bridgehead atoms. The number of carbonyl (C=O) groups is 1. The Bertz CT molecular complexity index is 640. The first-order valence-corrected chi connectivity index (χ1v) is 8.01. The second kappa shape index (κ2) is 5.76. The summed E-state index contributed by atoms with van der Waals surface area (Å²) in [5.74, 6) is 0.332. The summed E-state index contributed by atoms with van der Waals surface area (Å²) in [6.07, 6.45) is 1.37. The fourth-order valence-corrected chi connectivity index (χ4v) is 4.04. The van der Waals surface area contributed by atoms with E-state index in [0.717, 1.165) is 26.2 Å². The Balaban J connectivity index is 1.96. The van der Waals surface area contributed by atoms with Gasteiger partial charge in [0.15, 0.2) is 0 Å². The quantitative estimate of drug-likeness (QED) is 0.845. The average Bonchev–Trinajstić information content (AvgIpc) is 2.85. The van der Waals surface area contributed by atoms with Crippen LogP contribution in [0.1, 0.15) is 35.2 Å². The van der Waals surface area contributed by atoms with Crippen molar-refractivity contribution in [2.24, 2.45) is 0 Å². The highest BCUT2D eigenvalue weighted by Crippen LogP contribution is 2.41. The summed E-state index contributed by atoms with van der Waals surface area (Å²) < 4.78 is 0.740. The number of nitrogens with one attached hydrogen (secondary N) is 1. The molecule has 1 aromatic heterocycles. The number of hydrogen-bond acceptors (Lipinski definition) is 2. The molecule has 0 radical (unpaired) electrons. The van der Waals surface area contributed by atoms with Crippen LogP contribution in [0.4, 0.5) is 0 Å². The van der Waals surface area contributed by atoms with Crippen molar-refractivity contribution in [1.29, 1.82) is 0 Å². The number of hydrogen-bond donors (Lipinski definition) is 1. The average molecular weight is 326 g/mol. The molecular formula is C15H13Cl2NOS. The van der Waals surface area contributed by atoms with Gasteiger partial charge < -0.3 is 5.32 Å². The molecule has 1 aliphatic rings. The van der Waals surface area contributed by atoms with E-state index in [1.54, 1.807) is 0 Å². The zero-order chi connectivity index (χ0) is 14.1. The summed E-state index contributed by atoms with van der Waals surface area (Å²) >= 11 is 13.6. The van der Waals surface area contributed by atoms with Crippen molar-refractivity contribution in [2.45, 2.75) is 24.8 Å². The lowest BCUT2D eigenvalue weighted by molar-refractivity contribution is -0.123. The van der Waals surface area contributed by atoms with Crippen molar-refractivity contribution in [1.82, 2.24) is 5.32 Å². The highest BCUT2D eigenvalue weighted by molar-refractivity contribution is 7.16. The molecule has 2 aromatic rings. The monoisotopic (exact) mass is 325 g/mol. The lowest BCUT2D eigenvalue weighted by Crippen LogP contribution is -2.37. The number of thiophene rings is 1. The molecule has 2 atom stereocenters. The van der Waals surface area contributed by atoms with Crippen LogP contribution < -0.4 is 5.32 Å². The Kier molecular flexibility index (Phi) is 4.01. The fourth-order valence-electron chi connectivity index (χ4n) is 2.66. The van der Waals surface area contributed by atoms with Crippen LogP contribution in [-0.2, 0) is 4.79 Å². The number of halogens is 2. The molecule has 1 saturated heterocycles. The van der Waals surface area contributed by atoms with Crippen molar-refractivity contribution >= 4 is 40.4 Å². The molecule has 2 unspecified atom stereocenters. The molecule has 0 spiro atoms. The van der Waals surface area contributed by atoms with E-state index in [-0.39, 0.29) is 17.9 Å². The number of benzene rings is 1. The maximum atomic E-state index is 11.7. The first-order chi connectivity index (χ1) is 9.63. The SMILES string of the molecule is O=C1CCC(c2cccc(Cl)c2)C(c2ccc(Cl)s2)N1. The van der Waals surface area contributed by atoms with Gasteiger partial charge in [-0.25, -0.2) is 0 Å². The van der Waals surface area contributed by atoms with Gasteiger partial charge in [-0.3, -0.25) is 4.79 Å². The van der Waals surface area contributed by atoms with Gasteiger partial charge in [0.05, 0.1) is 10.4 Å². The third-order valence-electron chi connectivity index (χ3n) is 3.58. The summed E-state index contributed by atoms with van der Waals surface area (Å²) in [6, 6.07) is 11.7. The summed E-state index contributed by atoms with van der Waals surface area (Å²) in [4.78, 5) is 12.8. The molecule has 1 aromatic carbocycles. The number of amides is 1. The van der Waals surface area contributed by atoms with Crippen LogP contribution in [-0.4, -0.2) is 5.91 Å². The first kappa shape index (κ1) is 13.9. The van der Waals surface area contributed by atoms with Crippen molar-refractivity contribution in [3.05, 3.63) is 56.2 Å². The predicted molar refractivity (Wildman–Crippen MR) is 83.6 cm³/mol. The summed E-state index contributed by atoms with van der Waals surface area (Å²) in [6.45, 7) is 0. The molecule has 0 aliphatic carbocycles. The minimum absolute atomic E-state index is 0.0211. The maximum Gasteiger partial charge on any atom is 0.220 e. The summed E-state index contributed by atoms with van der Waals surface area (Å²) in [7, 11) is 0. The van der Waals surface area contributed by atoms with Gasteiger partial charge in [-0.1, -0.05) is 35.3 Å². The van der Waals surface area contributed by atoms with Gasteiger partial charge in [0.1, 0.15) is 0 Å². The van der Waals surface area contributed by atoms with E-state index in [4.69, 9.17) is 23.2 Å². The predicted octanol–water partition coefficient (Wildman–Crippen LogP) is 4.79. The molecule has 2 nitrogen and oxygen atoms in total. The molecule has 2 heterocycles. The molecular weight excluding hydrogens is 313 g/mol. The summed E-state index contributed by atoms with van der Waals surface area (Å²) in [5.41, 5.74) is 1.16. The fraction of sp³-hybridized carbons (Fsp3) is 0.267. The third-order valence-corrected chi connectivity index (χ3v) is 5.13. The van der Waals surface area contributed by atoms with Crippen LogP contribution in [0.25, 0.3) is 0 Å². The number of piperidine rings is 1. The second-order valence-corrected chi connectivity index (χ2v) is 7.07. The van der Waals surface area contributed by atoms with Gasteiger partial charge in [0.2, 0.25) is 5.91 Å². The van der Waals surface area contributed by atoms with Crippen LogP contribution >= 0.6 is 34.5 Å². The molecule has 1 aliphatic heterocycles. The van der Waals surface area contributed by atoms with Crippen molar-refractivity contribution in [3.8, 4) is 0 Å². The third kappa shape index (κ3) is 2.85. The van der Waals surface area contributed by atoms with Crippen molar-refractivity contribution < 1.29 is 4.79 Å². The molecule has 1 amide bonds. The topological polar surface area (TPSA) is 29.1 Å². The highest BCUT2D eigenvalue weighted by atomic mass is 35.5. The van der Waals surface area contributed by atoms with E-state index in [0.29, 0.717) is 6.42 Å². The molecule has 0 saturated carbocycles. The smallest absolute Gasteiger partial charge is 0.220 e. The second-order valence-electron chi connectivity index (χ2n) is 4.89. The Hall–Kier alpha value is -1.03. The van der Waals surface area contributed by atoms with E-state index in [1.165, 1.54) is 11.3 Å². The van der Waals surface area contributed by atoms with E-state index in [1.807, 2.05) is 30.3 Å². The normalized spacial score (nSPS) is 22.6. The molecule has 20 heavy (non-hydrogen) atoms. The van der Waals surface area contributed by atoms with Crippen LogP contribution in [0.3, 0.4) is 0 Å². The van der Waals surface area contributed by atoms with E-state index >= 15 is 0 Å². The highest BCUT2D eigenvalue weighted by Gasteiger charge is 2.32. The van der Waals surface area contributed by atoms with Gasteiger partial charge in [-0.15, -0.1) is 11.3 Å². The zero-order valence-corrected chi connectivity index (χ0v) is 12.9. The van der Waals surface area contributed by atoms with Crippen LogP contribution in [0.5, 0.6) is 0 Å². The first-order valence-electron chi connectivity index (χ1n) is 6.43. The molecule has 104 valence electrons. The standard InChI is InChI=1S/C15H13Cl2NOS/c16-10-3-1-2-9(8-10)11-4-7-14(19)18-15(11)12-5-6-13(17)20-12/h1-3,5-6,8,11,15H,4,7H2,(H,18,19). The lowest BCUT2D eigenvalue weighted by atomic mass is 9.84. The van der Waals surface area contributed by atoms with Crippen LogP contribution in [0, 0.1) is 0 Å². The zero-order valence-electron chi connectivity index (χ0n) is 10.6. The Morgan fingerprint density at radius 3 is 2.75 bits per heavy atom. The van der Waals surface area contributed by atoms with Gasteiger partial charge in [0, 0.05) is 22.2 Å². The van der Waals surface area contributed by atoms with Crippen molar-refractivity contribution in [3.63, 3.8) is 0 Å². The minimum atomic E-state index is -0.0211. The van der Waals surface area contributed by atoms with Gasteiger partial charge in [-0.05, 0) is 36.2 Å². The summed E-state index contributed by atoms with van der Waals surface area (Å²) in [5, 5.41) is 3.81. The minimum Gasteiger partial charge on any atom is -0.348 e. The van der Waals surface area contributed by atoms with Crippen LogP contribution in [0.15, 0.2) is 36.4 Å². The van der Waals surface area contributed by atoms with E-state index < -0.39 is 0 Å². The van der Waals surface area contributed by atoms with Crippen molar-refractivity contribution in [2.75, 3.05) is 0 Å². The maximum absolute atomic E-state index is 11.7. The molecule has 1 fully saturated rings. The Morgan fingerprint density at radius 2 is 2.05 bits per heavy atom. The van der Waals surface area contributed by atoms with Gasteiger partial charge >= 0.3 is 0 Å². The largest absolute Gasteiger partial charge is 0.348 e. The molecule has 3 rings (SSSR count).